The normalized spacial score (nSPS) is 15.6. The summed E-state index contributed by atoms with van der Waals surface area (Å²) in [6.07, 6.45) is 3.93. The largest absolute Gasteiger partial charge is 0.385 e. The fourth-order valence-electron chi connectivity index (χ4n) is 3.04. The fourth-order valence-corrected chi connectivity index (χ4v) is 4.33. The third kappa shape index (κ3) is 4.72. The minimum absolute atomic E-state index is 0.210. The number of aromatic nitrogens is 2. The number of aryl methyl sites for hydroxylation is 1. The smallest absolute Gasteiger partial charge is 0.267 e. The molecule has 0 unspecified atom stereocenters. The molecule has 0 radical (unpaired) electrons. The minimum Gasteiger partial charge on any atom is -0.385 e. The van der Waals surface area contributed by atoms with Crippen molar-refractivity contribution in [2.75, 3.05) is 45.8 Å². The number of rotatable bonds is 9. The highest BCUT2D eigenvalue weighted by Crippen LogP contribution is 2.33. The molecule has 10 heteroatoms. The van der Waals surface area contributed by atoms with Crippen LogP contribution < -0.4 is 10.9 Å². The van der Waals surface area contributed by atoms with E-state index in [1.165, 1.54) is 16.2 Å². The summed E-state index contributed by atoms with van der Waals surface area (Å²) in [4.78, 5) is 32.7. The molecule has 3 heterocycles. The van der Waals surface area contributed by atoms with Crippen LogP contribution in [0.25, 0.3) is 11.7 Å². The van der Waals surface area contributed by atoms with E-state index in [9.17, 15) is 9.59 Å². The number of nitrogens with one attached hydrogen (secondary N) is 1. The van der Waals surface area contributed by atoms with Gasteiger partial charge in [-0.2, -0.15) is 0 Å². The van der Waals surface area contributed by atoms with Gasteiger partial charge in [0.05, 0.1) is 17.1 Å². The van der Waals surface area contributed by atoms with Crippen molar-refractivity contribution in [1.82, 2.24) is 14.3 Å². The first-order valence-electron chi connectivity index (χ1n) is 9.47. The SMILES string of the molecule is COCCCN1C(=O)/C(=C/c2c(NCCOC)nc3c(C)cccn3c2=O)SC1=S. The fraction of sp³-hybridized carbons (Fsp3) is 0.400. The molecule has 8 nitrogen and oxygen atoms in total. The maximum atomic E-state index is 13.2. The summed E-state index contributed by atoms with van der Waals surface area (Å²) in [5, 5.41) is 3.15. The van der Waals surface area contributed by atoms with Crippen LogP contribution in [0.15, 0.2) is 28.0 Å². The maximum absolute atomic E-state index is 13.2. The maximum Gasteiger partial charge on any atom is 0.267 e. The van der Waals surface area contributed by atoms with Gasteiger partial charge >= 0.3 is 0 Å². The molecule has 2 aromatic heterocycles. The van der Waals surface area contributed by atoms with Crippen LogP contribution in [-0.4, -0.2) is 65.0 Å². The second kappa shape index (κ2) is 10.2. The minimum atomic E-state index is -0.256. The number of pyridine rings is 1. The Morgan fingerprint density at radius 2 is 2.03 bits per heavy atom. The van der Waals surface area contributed by atoms with Gasteiger partial charge in [-0.15, -0.1) is 0 Å². The predicted octanol–water partition coefficient (Wildman–Crippen LogP) is 2.30. The van der Waals surface area contributed by atoms with E-state index in [4.69, 9.17) is 21.7 Å². The summed E-state index contributed by atoms with van der Waals surface area (Å²) in [5.41, 5.74) is 1.49. The Bertz CT molecular complexity index is 1050. The lowest BCUT2D eigenvalue weighted by molar-refractivity contribution is -0.122. The highest BCUT2D eigenvalue weighted by molar-refractivity contribution is 8.26. The molecule has 160 valence electrons. The van der Waals surface area contributed by atoms with E-state index in [0.717, 1.165) is 5.56 Å². The Hall–Kier alpha value is -2.27. The van der Waals surface area contributed by atoms with E-state index in [0.29, 0.717) is 59.0 Å². The van der Waals surface area contributed by atoms with E-state index in [1.807, 2.05) is 13.0 Å². The first kappa shape index (κ1) is 22.4. The van der Waals surface area contributed by atoms with Gasteiger partial charge in [0, 0.05) is 40.1 Å². The molecule has 1 aliphatic rings. The number of carbonyl (C=O) groups is 1. The lowest BCUT2D eigenvalue weighted by atomic mass is 10.2. The van der Waals surface area contributed by atoms with E-state index >= 15 is 0 Å². The molecule has 1 amide bonds. The monoisotopic (exact) mass is 448 g/mol. The number of anilines is 1. The molecule has 1 saturated heterocycles. The molecule has 1 aliphatic heterocycles. The summed E-state index contributed by atoms with van der Waals surface area (Å²) >= 11 is 6.55. The number of methoxy groups -OCH3 is 2. The van der Waals surface area contributed by atoms with Gasteiger partial charge in [0.25, 0.3) is 11.5 Å². The summed E-state index contributed by atoms with van der Waals surface area (Å²) in [6, 6.07) is 3.69. The Kier molecular flexibility index (Phi) is 7.59. The van der Waals surface area contributed by atoms with Gasteiger partial charge in [-0.25, -0.2) is 4.98 Å². The van der Waals surface area contributed by atoms with Gasteiger partial charge in [-0.05, 0) is 31.1 Å². The molecule has 0 spiro atoms. The van der Waals surface area contributed by atoms with Crippen molar-refractivity contribution in [2.45, 2.75) is 13.3 Å². The van der Waals surface area contributed by atoms with Gasteiger partial charge in [-0.1, -0.05) is 30.0 Å². The third-order valence-electron chi connectivity index (χ3n) is 4.56. The molecule has 3 rings (SSSR count). The zero-order valence-electron chi connectivity index (χ0n) is 17.1. The highest BCUT2D eigenvalue weighted by atomic mass is 32.2. The van der Waals surface area contributed by atoms with Gasteiger partial charge < -0.3 is 14.8 Å². The second-order valence-corrected chi connectivity index (χ2v) is 8.34. The summed E-state index contributed by atoms with van der Waals surface area (Å²) < 4.78 is 12.1. The molecule has 0 bridgehead atoms. The number of nitrogens with zero attached hydrogens (tertiary/aromatic N) is 3. The number of carbonyl (C=O) groups excluding carboxylic acids is 1. The van der Waals surface area contributed by atoms with E-state index in [1.54, 1.807) is 37.5 Å². The molecule has 1 N–H and O–H groups in total. The molecule has 0 aromatic carbocycles. The molecule has 0 atom stereocenters. The Balaban J connectivity index is 2.02. The average Bonchev–Trinajstić information content (AvgIpc) is 2.99. The second-order valence-electron chi connectivity index (χ2n) is 6.66. The van der Waals surface area contributed by atoms with Gasteiger partial charge in [0.15, 0.2) is 0 Å². The molecule has 0 saturated carbocycles. The van der Waals surface area contributed by atoms with Crippen LogP contribution in [-0.2, 0) is 14.3 Å². The van der Waals surface area contributed by atoms with Crippen LogP contribution in [0, 0.1) is 6.92 Å². The highest BCUT2D eigenvalue weighted by Gasteiger charge is 2.32. The summed E-state index contributed by atoms with van der Waals surface area (Å²) in [5.74, 6) is 0.202. The number of thiocarbonyl (C=S) groups is 1. The number of thioether (sulfide) groups is 1. The Morgan fingerprint density at radius 1 is 1.27 bits per heavy atom. The van der Waals surface area contributed by atoms with Crippen molar-refractivity contribution >= 4 is 51.7 Å². The van der Waals surface area contributed by atoms with Crippen LogP contribution in [0.4, 0.5) is 5.82 Å². The topological polar surface area (TPSA) is 85.2 Å². The van der Waals surface area contributed by atoms with Crippen molar-refractivity contribution in [3.8, 4) is 0 Å². The predicted molar refractivity (Wildman–Crippen MR) is 123 cm³/mol. The van der Waals surface area contributed by atoms with Crippen LogP contribution in [0.1, 0.15) is 17.5 Å². The quantitative estimate of drug-likeness (QED) is 0.355. The van der Waals surface area contributed by atoms with Gasteiger partial charge in [0.2, 0.25) is 0 Å². The van der Waals surface area contributed by atoms with E-state index in [2.05, 4.69) is 10.3 Å². The average molecular weight is 449 g/mol. The van der Waals surface area contributed by atoms with E-state index < -0.39 is 0 Å². The first-order valence-corrected chi connectivity index (χ1v) is 10.7. The van der Waals surface area contributed by atoms with Gasteiger partial charge in [-0.3, -0.25) is 18.9 Å². The van der Waals surface area contributed by atoms with Crippen LogP contribution in [0.5, 0.6) is 0 Å². The van der Waals surface area contributed by atoms with Crippen molar-refractivity contribution < 1.29 is 14.3 Å². The summed E-state index contributed by atoms with van der Waals surface area (Å²) in [6.45, 7) is 3.84. The molecule has 1 fully saturated rings. The van der Waals surface area contributed by atoms with Crippen LogP contribution >= 0.6 is 24.0 Å². The van der Waals surface area contributed by atoms with Crippen molar-refractivity contribution in [3.05, 3.63) is 44.7 Å². The van der Waals surface area contributed by atoms with Crippen molar-refractivity contribution in [2.24, 2.45) is 0 Å². The number of ether oxygens (including phenoxy) is 2. The number of hydrogen-bond donors (Lipinski definition) is 1. The van der Waals surface area contributed by atoms with Gasteiger partial charge in [0.1, 0.15) is 15.8 Å². The Morgan fingerprint density at radius 3 is 2.77 bits per heavy atom. The summed E-state index contributed by atoms with van der Waals surface area (Å²) in [7, 11) is 3.22. The molecule has 0 aliphatic carbocycles. The molecule has 30 heavy (non-hydrogen) atoms. The zero-order valence-corrected chi connectivity index (χ0v) is 18.8. The van der Waals surface area contributed by atoms with Crippen molar-refractivity contribution in [1.29, 1.82) is 0 Å². The van der Waals surface area contributed by atoms with Crippen LogP contribution in [0.3, 0.4) is 0 Å². The third-order valence-corrected chi connectivity index (χ3v) is 5.94. The van der Waals surface area contributed by atoms with Crippen molar-refractivity contribution in [3.63, 3.8) is 0 Å². The number of hydrogen-bond acceptors (Lipinski definition) is 8. The van der Waals surface area contributed by atoms with Crippen LogP contribution in [0.2, 0.25) is 0 Å². The lowest BCUT2D eigenvalue weighted by Gasteiger charge is -2.14. The first-order chi connectivity index (χ1) is 14.5. The lowest BCUT2D eigenvalue weighted by Crippen LogP contribution is -2.29. The number of amides is 1. The van der Waals surface area contributed by atoms with E-state index in [-0.39, 0.29) is 11.5 Å². The standard InChI is InChI=1S/C20H24N4O4S2/c1-13-6-4-8-23-17(13)22-16(21-7-11-28-3)14(18(23)25)12-15-19(26)24(20(29)30-15)9-5-10-27-2/h4,6,8,12,21H,5,7,9-11H2,1-3H3/b15-12-. The zero-order chi connectivity index (χ0) is 21.7. The number of fused-ring (bicyclic) bond motifs is 1. The Labute approximate surface area is 184 Å². The molecular formula is C20H24N4O4S2. The molecule has 2 aromatic rings. The molecular weight excluding hydrogens is 424 g/mol.